The summed E-state index contributed by atoms with van der Waals surface area (Å²) in [6.07, 6.45) is 0. The lowest BCUT2D eigenvalue weighted by Gasteiger charge is -2.09. The van der Waals surface area contributed by atoms with Crippen LogP contribution in [0.1, 0.15) is 11.1 Å². The molecule has 0 atom stereocenters. The molecule has 0 aromatic heterocycles. The second-order valence-corrected chi connectivity index (χ2v) is 8.53. The Labute approximate surface area is 153 Å². The molecule has 0 radical (unpaired) electrons. The van der Waals surface area contributed by atoms with Crippen LogP contribution in [0.25, 0.3) is 4.91 Å². The first-order valence-corrected chi connectivity index (χ1v) is 10.2. The molecule has 0 N–H and O–H groups in total. The number of hydrogen-bond donors (Lipinski definition) is 0. The fraction of sp³-hybridized carbons (Fsp3) is 0.0476. The predicted octanol–water partition coefficient (Wildman–Crippen LogP) is 5.56. The molecule has 0 unspecified atom stereocenters. The smallest absolute Gasteiger partial charge is 0.200 e. The Morgan fingerprint density at radius 3 is 1.96 bits per heavy atom. The Morgan fingerprint density at radius 1 is 0.800 bits per heavy atom. The molecular formula is C21H18O2S2. The van der Waals surface area contributed by atoms with Crippen molar-refractivity contribution >= 4 is 26.5 Å². The minimum Gasteiger partial charge on any atom is -0.219 e. The zero-order chi connectivity index (χ0) is 17.7. The average Bonchev–Trinajstić information content (AvgIpc) is 2.64. The van der Waals surface area contributed by atoms with E-state index in [2.05, 4.69) is 0 Å². The third-order valence-electron chi connectivity index (χ3n) is 3.64. The third kappa shape index (κ3) is 4.62. The molecule has 0 bridgehead atoms. The van der Waals surface area contributed by atoms with Crippen LogP contribution in [0.5, 0.6) is 0 Å². The maximum atomic E-state index is 12.8. The van der Waals surface area contributed by atoms with Crippen molar-refractivity contribution in [1.29, 1.82) is 0 Å². The number of hydrogen-bond acceptors (Lipinski definition) is 3. The van der Waals surface area contributed by atoms with Gasteiger partial charge in [-0.3, -0.25) is 0 Å². The molecule has 0 amide bonds. The Kier molecular flexibility index (Phi) is 5.41. The van der Waals surface area contributed by atoms with Gasteiger partial charge in [0.2, 0.25) is 9.84 Å². The molecule has 126 valence electrons. The highest BCUT2D eigenvalue weighted by Crippen LogP contribution is 2.35. The van der Waals surface area contributed by atoms with E-state index < -0.39 is 9.84 Å². The van der Waals surface area contributed by atoms with Gasteiger partial charge in [0, 0.05) is 9.80 Å². The molecule has 2 nitrogen and oxygen atoms in total. The predicted molar refractivity (Wildman–Crippen MR) is 105 cm³/mol. The van der Waals surface area contributed by atoms with Crippen LogP contribution in [0.15, 0.2) is 100 Å². The lowest BCUT2D eigenvalue weighted by molar-refractivity contribution is 0.605. The van der Waals surface area contributed by atoms with E-state index in [0.717, 1.165) is 10.5 Å². The van der Waals surface area contributed by atoms with Crippen LogP contribution in [0, 0.1) is 6.92 Å². The van der Waals surface area contributed by atoms with Crippen molar-refractivity contribution < 1.29 is 8.42 Å². The monoisotopic (exact) mass is 366 g/mol. The van der Waals surface area contributed by atoms with E-state index in [4.69, 9.17) is 0 Å². The van der Waals surface area contributed by atoms with Crippen molar-refractivity contribution in [3.8, 4) is 0 Å². The Morgan fingerprint density at radius 2 is 1.36 bits per heavy atom. The van der Waals surface area contributed by atoms with Crippen LogP contribution in [0.2, 0.25) is 0 Å². The fourth-order valence-corrected chi connectivity index (χ4v) is 4.75. The number of sulfone groups is 1. The maximum absolute atomic E-state index is 12.8. The van der Waals surface area contributed by atoms with Crippen LogP contribution < -0.4 is 0 Å². The molecule has 25 heavy (non-hydrogen) atoms. The highest BCUT2D eigenvalue weighted by atomic mass is 32.2. The first kappa shape index (κ1) is 17.5. The molecule has 0 saturated carbocycles. The highest BCUT2D eigenvalue weighted by molar-refractivity contribution is 8.09. The molecule has 3 aromatic rings. The molecule has 0 saturated heterocycles. The summed E-state index contributed by atoms with van der Waals surface area (Å²) >= 11 is 1.45. The van der Waals surface area contributed by atoms with E-state index in [-0.39, 0.29) is 0 Å². The molecule has 0 aliphatic rings. The number of thioether (sulfide) groups is 1. The summed E-state index contributed by atoms with van der Waals surface area (Å²) in [4.78, 5) is 2.00. The minimum absolute atomic E-state index is 0.299. The van der Waals surface area contributed by atoms with Gasteiger partial charge in [-0.1, -0.05) is 78.0 Å². The summed E-state index contributed by atoms with van der Waals surface area (Å²) < 4.78 is 25.5. The summed E-state index contributed by atoms with van der Waals surface area (Å²) in [6.45, 7) is 2.03. The van der Waals surface area contributed by atoms with Gasteiger partial charge in [0.25, 0.3) is 0 Å². The van der Waals surface area contributed by atoms with Gasteiger partial charge in [-0.2, -0.15) is 0 Å². The van der Waals surface area contributed by atoms with Gasteiger partial charge in [0.15, 0.2) is 0 Å². The van der Waals surface area contributed by atoms with Crippen molar-refractivity contribution in [2.24, 2.45) is 0 Å². The zero-order valence-electron chi connectivity index (χ0n) is 13.8. The van der Waals surface area contributed by atoms with Crippen LogP contribution in [-0.4, -0.2) is 8.42 Å². The summed E-state index contributed by atoms with van der Waals surface area (Å²) in [5.41, 5.74) is 2.05. The van der Waals surface area contributed by atoms with E-state index >= 15 is 0 Å². The van der Waals surface area contributed by atoms with Crippen molar-refractivity contribution in [2.75, 3.05) is 0 Å². The lowest BCUT2D eigenvalue weighted by atomic mass is 10.2. The SMILES string of the molecule is Cc1ccc(S/C(=C/S(=O)(=O)c2ccccc2)c2ccccc2)cc1. The quantitative estimate of drug-likeness (QED) is 0.554. The topological polar surface area (TPSA) is 34.1 Å². The molecule has 0 fully saturated rings. The van der Waals surface area contributed by atoms with Crippen LogP contribution in [0.4, 0.5) is 0 Å². The fourth-order valence-electron chi connectivity index (χ4n) is 2.31. The number of rotatable bonds is 5. The molecule has 0 aliphatic heterocycles. The van der Waals surface area contributed by atoms with Gasteiger partial charge >= 0.3 is 0 Å². The largest absolute Gasteiger partial charge is 0.219 e. The van der Waals surface area contributed by atoms with Crippen molar-refractivity contribution in [2.45, 2.75) is 16.7 Å². The first-order chi connectivity index (χ1) is 12.0. The van der Waals surface area contributed by atoms with E-state index in [1.165, 1.54) is 22.7 Å². The van der Waals surface area contributed by atoms with Gasteiger partial charge in [-0.25, -0.2) is 8.42 Å². The number of aryl methyl sites for hydroxylation is 1. The standard InChI is InChI=1S/C21H18O2S2/c1-17-12-14-19(15-13-17)24-21(18-8-4-2-5-9-18)16-25(22,23)20-10-6-3-7-11-20/h2-16H,1H3/b21-16+. The average molecular weight is 367 g/mol. The van der Waals surface area contributed by atoms with Crippen molar-refractivity contribution in [3.63, 3.8) is 0 Å². The Bertz CT molecular complexity index is 959. The number of benzene rings is 3. The van der Waals surface area contributed by atoms with Crippen LogP contribution in [-0.2, 0) is 9.84 Å². The van der Waals surface area contributed by atoms with Crippen LogP contribution in [0.3, 0.4) is 0 Å². The molecule has 0 aliphatic carbocycles. The summed E-state index contributed by atoms with van der Waals surface area (Å²) in [5, 5.41) is 1.36. The van der Waals surface area contributed by atoms with Gasteiger partial charge in [-0.15, -0.1) is 0 Å². The van der Waals surface area contributed by atoms with Gasteiger partial charge in [0.1, 0.15) is 0 Å². The minimum atomic E-state index is -3.52. The van der Waals surface area contributed by atoms with Crippen molar-refractivity contribution in [3.05, 3.63) is 101 Å². The van der Waals surface area contributed by atoms with Gasteiger partial charge in [-0.05, 0) is 36.8 Å². The Balaban J connectivity index is 2.03. The molecule has 4 heteroatoms. The zero-order valence-corrected chi connectivity index (χ0v) is 15.4. The normalized spacial score (nSPS) is 12.1. The van der Waals surface area contributed by atoms with E-state index in [1.807, 2.05) is 67.6 Å². The maximum Gasteiger partial charge on any atom is 0.200 e. The summed E-state index contributed by atoms with van der Waals surface area (Å²) in [6, 6.07) is 26.2. The molecule has 3 aromatic carbocycles. The van der Waals surface area contributed by atoms with E-state index in [0.29, 0.717) is 9.80 Å². The summed E-state index contributed by atoms with van der Waals surface area (Å²) in [5.74, 6) is 0. The van der Waals surface area contributed by atoms with Gasteiger partial charge in [0.05, 0.1) is 10.3 Å². The second kappa shape index (κ2) is 7.72. The molecule has 0 spiro atoms. The lowest BCUT2D eigenvalue weighted by Crippen LogP contribution is -1.97. The van der Waals surface area contributed by atoms with Gasteiger partial charge < -0.3 is 0 Å². The van der Waals surface area contributed by atoms with Crippen molar-refractivity contribution in [1.82, 2.24) is 0 Å². The molecule has 0 heterocycles. The third-order valence-corrected chi connectivity index (χ3v) is 6.35. The summed E-state index contributed by atoms with van der Waals surface area (Å²) in [7, 11) is -3.52. The second-order valence-electron chi connectivity index (χ2n) is 5.62. The molecule has 3 rings (SSSR count). The van der Waals surface area contributed by atoms with E-state index in [1.54, 1.807) is 24.3 Å². The molecular weight excluding hydrogens is 348 g/mol. The van der Waals surface area contributed by atoms with Crippen LogP contribution >= 0.6 is 11.8 Å². The highest BCUT2D eigenvalue weighted by Gasteiger charge is 2.14. The van der Waals surface area contributed by atoms with E-state index in [9.17, 15) is 8.42 Å². The first-order valence-electron chi connectivity index (χ1n) is 7.86. The Hall–Kier alpha value is -2.30.